The zero-order valence-corrected chi connectivity index (χ0v) is 16.2. The maximum atomic E-state index is 13.1. The minimum atomic E-state index is -0.569. The van der Waals surface area contributed by atoms with Gasteiger partial charge >= 0.3 is 0 Å². The highest BCUT2D eigenvalue weighted by Gasteiger charge is 2.40. The minimum absolute atomic E-state index is 0.104. The van der Waals surface area contributed by atoms with Gasteiger partial charge in [0.2, 0.25) is 11.8 Å². The molecule has 3 amide bonds. The van der Waals surface area contributed by atoms with Crippen LogP contribution in [-0.2, 0) is 22.7 Å². The Morgan fingerprint density at radius 1 is 1.30 bits per heavy atom. The summed E-state index contributed by atoms with van der Waals surface area (Å²) in [5.41, 5.74) is 2.67. The second-order valence-electron chi connectivity index (χ2n) is 7.52. The number of amides is 3. The van der Waals surface area contributed by atoms with Crippen molar-refractivity contribution in [1.82, 2.24) is 20.4 Å². The molecule has 0 radical (unpaired) electrons. The van der Waals surface area contributed by atoms with Crippen LogP contribution in [0.15, 0.2) is 18.2 Å². The van der Waals surface area contributed by atoms with Crippen molar-refractivity contribution >= 4 is 17.7 Å². The number of carbonyl (C=O) groups is 3. The van der Waals surface area contributed by atoms with Crippen LogP contribution in [-0.4, -0.2) is 59.7 Å². The van der Waals surface area contributed by atoms with Crippen LogP contribution in [0.4, 0.5) is 0 Å². The van der Waals surface area contributed by atoms with Crippen LogP contribution in [0.3, 0.4) is 0 Å². The first-order valence-electron chi connectivity index (χ1n) is 9.56. The first-order valence-corrected chi connectivity index (χ1v) is 9.56. The lowest BCUT2D eigenvalue weighted by Gasteiger charge is -2.29. The van der Waals surface area contributed by atoms with E-state index >= 15 is 0 Å². The molecule has 3 rings (SSSR count). The molecule has 146 valence electrons. The first-order chi connectivity index (χ1) is 12.9. The minimum Gasteiger partial charge on any atom is -0.322 e. The zero-order chi connectivity index (χ0) is 19.6. The van der Waals surface area contributed by atoms with Gasteiger partial charge in [-0.2, -0.15) is 0 Å². The number of piperidine rings is 1. The molecule has 0 aromatic heterocycles. The molecule has 27 heavy (non-hydrogen) atoms. The second-order valence-corrected chi connectivity index (χ2v) is 7.52. The molecule has 2 N–H and O–H groups in total. The lowest BCUT2D eigenvalue weighted by Crippen LogP contribution is -2.52. The van der Waals surface area contributed by atoms with Gasteiger partial charge < -0.3 is 10.2 Å². The third-order valence-corrected chi connectivity index (χ3v) is 5.39. The van der Waals surface area contributed by atoms with Crippen molar-refractivity contribution in [3.05, 3.63) is 34.9 Å². The second kappa shape index (κ2) is 8.19. The van der Waals surface area contributed by atoms with Crippen LogP contribution in [0.25, 0.3) is 0 Å². The average Bonchev–Trinajstić information content (AvgIpc) is 2.96. The van der Waals surface area contributed by atoms with Crippen LogP contribution >= 0.6 is 0 Å². The summed E-state index contributed by atoms with van der Waals surface area (Å²) in [5.74, 6) is -0.739. The van der Waals surface area contributed by atoms with Gasteiger partial charge in [0.25, 0.3) is 5.91 Å². The Kier molecular flexibility index (Phi) is 5.92. The van der Waals surface area contributed by atoms with Crippen molar-refractivity contribution in [1.29, 1.82) is 0 Å². The van der Waals surface area contributed by atoms with Crippen LogP contribution < -0.4 is 10.6 Å². The zero-order valence-electron chi connectivity index (χ0n) is 16.2. The third-order valence-electron chi connectivity index (χ3n) is 5.39. The number of carbonyl (C=O) groups excluding carboxylic acids is 3. The van der Waals surface area contributed by atoms with Crippen LogP contribution in [0.2, 0.25) is 0 Å². The van der Waals surface area contributed by atoms with E-state index in [9.17, 15) is 14.4 Å². The molecule has 0 bridgehead atoms. The number of benzene rings is 1. The van der Waals surface area contributed by atoms with Gasteiger partial charge in [-0.1, -0.05) is 18.2 Å². The highest BCUT2D eigenvalue weighted by Crippen LogP contribution is 2.30. The molecule has 1 saturated heterocycles. The molecular formula is C20H28N4O3. The fraction of sp³-hybridized carbons (Fsp3) is 0.550. The number of fused-ring (bicyclic) bond motifs is 1. The van der Waals surface area contributed by atoms with E-state index < -0.39 is 6.04 Å². The molecular weight excluding hydrogens is 344 g/mol. The summed E-state index contributed by atoms with van der Waals surface area (Å²) in [6.45, 7) is 7.18. The molecule has 1 aromatic rings. The molecule has 7 heteroatoms. The summed E-state index contributed by atoms with van der Waals surface area (Å²) in [6.07, 6.45) is 0.661. The lowest BCUT2D eigenvalue weighted by atomic mass is 10.0. The Balaban J connectivity index is 1.82. The van der Waals surface area contributed by atoms with Crippen molar-refractivity contribution in [2.45, 2.75) is 51.9 Å². The molecule has 2 heterocycles. The van der Waals surface area contributed by atoms with E-state index in [1.54, 1.807) is 4.90 Å². The van der Waals surface area contributed by atoms with E-state index in [4.69, 9.17) is 0 Å². The van der Waals surface area contributed by atoms with Crippen LogP contribution in [0.1, 0.15) is 48.2 Å². The number of nitrogens with zero attached hydrogens (tertiary/aromatic N) is 2. The fourth-order valence-electron chi connectivity index (χ4n) is 3.82. The summed E-state index contributed by atoms with van der Waals surface area (Å²) in [5, 5.41) is 5.52. The van der Waals surface area contributed by atoms with Gasteiger partial charge in [-0.15, -0.1) is 0 Å². The summed E-state index contributed by atoms with van der Waals surface area (Å²) in [7, 11) is 1.93. The molecule has 7 nitrogen and oxygen atoms in total. The summed E-state index contributed by atoms with van der Waals surface area (Å²) >= 11 is 0. The third kappa shape index (κ3) is 4.04. The summed E-state index contributed by atoms with van der Waals surface area (Å²) in [6, 6.07) is 5.72. The van der Waals surface area contributed by atoms with Gasteiger partial charge in [0.05, 0.1) is 0 Å². The van der Waals surface area contributed by atoms with Crippen molar-refractivity contribution in [2.75, 3.05) is 20.1 Å². The Morgan fingerprint density at radius 2 is 2.07 bits per heavy atom. The number of imide groups is 1. The SMILES string of the molecule is CNCCN(Cc1cccc2c1C(=O)N(C1CCC(=O)NC1=O)C2)C(C)C. The van der Waals surface area contributed by atoms with E-state index in [-0.39, 0.29) is 24.1 Å². The van der Waals surface area contributed by atoms with Gasteiger partial charge in [0, 0.05) is 44.2 Å². The molecule has 0 saturated carbocycles. The predicted octanol–water partition coefficient (Wildman–Crippen LogP) is 0.877. The monoisotopic (exact) mass is 372 g/mol. The quantitative estimate of drug-likeness (QED) is 0.695. The molecule has 1 unspecified atom stereocenters. The average molecular weight is 372 g/mol. The number of nitrogens with one attached hydrogen (secondary N) is 2. The van der Waals surface area contributed by atoms with Crippen molar-refractivity contribution in [3.63, 3.8) is 0 Å². The predicted molar refractivity (Wildman–Crippen MR) is 102 cm³/mol. The van der Waals surface area contributed by atoms with Crippen molar-refractivity contribution < 1.29 is 14.4 Å². The van der Waals surface area contributed by atoms with Crippen LogP contribution in [0.5, 0.6) is 0 Å². The Morgan fingerprint density at radius 3 is 2.74 bits per heavy atom. The van der Waals surface area contributed by atoms with E-state index in [1.165, 1.54) is 0 Å². The van der Waals surface area contributed by atoms with Gasteiger partial charge in [0.1, 0.15) is 6.04 Å². The topological polar surface area (TPSA) is 81.8 Å². The standard InChI is InChI=1S/C20H28N4O3/c1-13(2)23(10-9-21-3)11-14-5-4-6-15-12-24(20(27)18(14)15)16-7-8-17(25)22-19(16)26/h4-6,13,16,21H,7-12H2,1-3H3,(H,22,25,26). The van der Waals surface area contributed by atoms with Gasteiger partial charge in [-0.05, 0) is 38.4 Å². The maximum Gasteiger partial charge on any atom is 0.255 e. The molecule has 1 fully saturated rings. The van der Waals surface area contributed by atoms with Gasteiger partial charge in [-0.25, -0.2) is 0 Å². The van der Waals surface area contributed by atoms with Gasteiger partial charge in [0.15, 0.2) is 0 Å². The lowest BCUT2D eigenvalue weighted by molar-refractivity contribution is -0.136. The molecule has 2 aliphatic heterocycles. The van der Waals surface area contributed by atoms with Crippen LogP contribution in [0, 0.1) is 0 Å². The van der Waals surface area contributed by atoms with Gasteiger partial charge in [-0.3, -0.25) is 24.6 Å². The molecule has 1 aromatic carbocycles. The van der Waals surface area contributed by atoms with Crippen molar-refractivity contribution in [2.24, 2.45) is 0 Å². The number of rotatable bonds is 7. The Bertz CT molecular complexity index is 747. The first kappa shape index (κ1) is 19.5. The Labute approximate surface area is 160 Å². The summed E-state index contributed by atoms with van der Waals surface area (Å²) < 4.78 is 0. The normalized spacial score (nSPS) is 19.8. The smallest absolute Gasteiger partial charge is 0.255 e. The highest BCUT2D eigenvalue weighted by atomic mass is 16.2. The number of hydrogen-bond acceptors (Lipinski definition) is 5. The van der Waals surface area contributed by atoms with E-state index in [2.05, 4.69) is 29.4 Å². The molecule has 1 atom stereocenters. The summed E-state index contributed by atoms with van der Waals surface area (Å²) in [4.78, 5) is 40.7. The maximum absolute atomic E-state index is 13.1. The largest absolute Gasteiger partial charge is 0.322 e. The highest BCUT2D eigenvalue weighted by molar-refractivity contribution is 6.05. The number of likely N-dealkylation sites (N-methyl/N-ethyl adjacent to an activating group) is 1. The fourth-order valence-corrected chi connectivity index (χ4v) is 3.82. The van der Waals surface area contributed by atoms with E-state index in [1.807, 2.05) is 25.2 Å². The van der Waals surface area contributed by atoms with E-state index in [0.717, 1.165) is 29.8 Å². The molecule has 0 aliphatic carbocycles. The van der Waals surface area contributed by atoms with E-state index in [0.29, 0.717) is 25.6 Å². The molecule has 0 spiro atoms. The van der Waals surface area contributed by atoms with Crippen molar-refractivity contribution in [3.8, 4) is 0 Å². The Hall–Kier alpha value is -2.25. The molecule has 2 aliphatic rings. The number of hydrogen-bond donors (Lipinski definition) is 2.